The molecule has 7 nitrogen and oxygen atoms in total. The van der Waals surface area contributed by atoms with Gasteiger partial charge in [-0.25, -0.2) is 22.0 Å². The van der Waals surface area contributed by atoms with Crippen molar-refractivity contribution in [2.75, 3.05) is 0 Å². The molecule has 3 rings (SSSR count). The zero-order valence-electron chi connectivity index (χ0n) is 19.0. The lowest BCUT2D eigenvalue weighted by molar-refractivity contribution is -0.159. The fraction of sp³-hybridized carbons (Fsp3) is 0.318. The van der Waals surface area contributed by atoms with Gasteiger partial charge in [0.1, 0.15) is 0 Å². The van der Waals surface area contributed by atoms with E-state index in [-0.39, 0.29) is 23.4 Å². The Kier molecular flexibility index (Phi) is 8.48. The van der Waals surface area contributed by atoms with Crippen LogP contribution in [0, 0.1) is 29.1 Å². The van der Waals surface area contributed by atoms with Crippen molar-refractivity contribution in [3.63, 3.8) is 0 Å². The molecule has 200 valence electrons. The summed E-state index contributed by atoms with van der Waals surface area (Å²) in [6.07, 6.45) is -4.56. The molecular weight excluding hydrogens is 520 g/mol. The monoisotopic (exact) mass is 538 g/mol. The first-order valence-corrected chi connectivity index (χ1v) is 10.5. The van der Waals surface area contributed by atoms with Crippen LogP contribution in [-0.2, 0) is 17.6 Å². The Labute approximate surface area is 203 Å². The Balaban J connectivity index is 1.50. The lowest BCUT2D eigenvalue weighted by Crippen LogP contribution is -2.38. The van der Waals surface area contributed by atoms with Crippen molar-refractivity contribution < 1.29 is 49.3 Å². The summed E-state index contributed by atoms with van der Waals surface area (Å²) in [6, 6.07) is 4.36. The minimum absolute atomic E-state index is 0.179. The van der Waals surface area contributed by atoms with Crippen LogP contribution in [0.25, 0.3) is 11.4 Å². The highest BCUT2D eigenvalue weighted by atomic mass is 19.4. The number of nitrogens with one attached hydrogen (secondary N) is 2. The summed E-state index contributed by atoms with van der Waals surface area (Å²) < 4.78 is 109. The molecule has 1 aromatic heterocycles. The maximum absolute atomic E-state index is 13.7. The Morgan fingerprint density at radius 3 is 2.05 bits per heavy atom. The van der Waals surface area contributed by atoms with E-state index in [1.807, 2.05) is 0 Å². The zero-order chi connectivity index (χ0) is 27.5. The van der Waals surface area contributed by atoms with Gasteiger partial charge < -0.3 is 9.84 Å². The van der Waals surface area contributed by atoms with Gasteiger partial charge in [-0.05, 0) is 32.4 Å². The second-order valence-electron chi connectivity index (χ2n) is 7.96. The molecule has 2 aromatic carbocycles. The Morgan fingerprint density at radius 2 is 1.51 bits per heavy atom. The normalized spacial score (nSPS) is 13.5. The molecule has 1 heterocycles. The van der Waals surface area contributed by atoms with Crippen LogP contribution in [0.4, 0.5) is 35.1 Å². The minimum atomic E-state index is -4.79. The summed E-state index contributed by atoms with van der Waals surface area (Å²) >= 11 is 0. The van der Waals surface area contributed by atoms with Crippen molar-refractivity contribution >= 4 is 5.91 Å². The van der Waals surface area contributed by atoms with Gasteiger partial charge in [-0.2, -0.15) is 23.6 Å². The number of rotatable bonds is 9. The van der Waals surface area contributed by atoms with Gasteiger partial charge in [-0.1, -0.05) is 17.3 Å². The summed E-state index contributed by atoms with van der Waals surface area (Å²) in [5.74, 6) is -12.8. The number of hydrogen-bond donors (Lipinski definition) is 2. The molecule has 0 spiro atoms. The third-order valence-electron chi connectivity index (χ3n) is 4.96. The number of carbonyl (C=O) groups excluding carboxylic acids is 1. The molecule has 1 amide bonds. The molecule has 0 aliphatic carbocycles. The van der Waals surface area contributed by atoms with Gasteiger partial charge in [-0.3, -0.25) is 9.63 Å². The van der Waals surface area contributed by atoms with Crippen LogP contribution in [0.5, 0.6) is 0 Å². The molecule has 2 unspecified atom stereocenters. The second-order valence-corrected chi connectivity index (χ2v) is 7.96. The first kappa shape index (κ1) is 28.0. The Morgan fingerprint density at radius 1 is 0.946 bits per heavy atom. The van der Waals surface area contributed by atoms with E-state index in [9.17, 15) is 39.9 Å². The summed E-state index contributed by atoms with van der Waals surface area (Å²) in [5.41, 5.74) is 1.62. The van der Waals surface area contributed by atoms with Gasteiger partial charge in [-0.15, -0.1) is 0 Å². The number of hydroxylamine groups is 1. The summed E-state index contributed by atoms with van der Waals surface area (Å²) in [5, 5.41) is 5.92. The quantitative estimate of drug-likeness (QED) is 0.171. The number of carbonyl (C=O) groups is 1. The predicted octanol–water partition coefficient (Wildman–Crippen LogP) is 5.07. The second kappa shape index (κ2) is 11.2. The number of hydrogen-bond acceptors (Lipinski definition) is 6. The van der Waals surface area contributed by atoms with E-state index in [2.05, 4.69) is 25.5 Å². The highest BCUT2D eigenvalue weighted by Gasteiger charge is 2.38. The van der Waals surface area contributed by atoms with E-state index in [0.717, 1.165) is 0 Å². The van der Waals surface area contributed by atoms with E-state index in [1.165, 1.54) is 24.3 Å². The van der Waals surface area contributed by atoms with Gasteiger partial charge >= 0.3 is 12.1 Å². The van der Waals surface area contributed by atoms with Gasteiger partial charge in [0, 0.05) is 23.2 Å². The highest BCUT2D eigenvalue weighted by Crippen LogP contribution is 2.29. The van der Waals surface area contributed by atoms with Crippen LogP contribution in [-0.4, -0.2) is 28.1 Å². The lowest BCUT2D eigenvalue weighted by Gasteiger charge is -2.20. The maximum atomic E-state index is 13.7. The number of amides is 1. The van der Waals surface area contributed by atoms with Crippen LogP contribution < -0.4 is 10.8 Å². The fourth-order valence-corrected chi connectivity index (χ4v) is 3.20. The van der Waals surface area contributed by atoms with Crippen molar-refractivity contribution in [3.05, 3.63) is 70.4 Å². The van der Waals surface area contributed by atoms with E-state index in [4.69, 9.17) is 4.84 Å². The van der Waals surface area contributed by atoms with Gasteiger partial charge in [0.25, 0.3) is 5.91 Å². The SMILES string of the molecule is CC(CC(C)NC(=O)c1ccc(-c2noc(C(F)(F)F)n2)cc1)NOCc1c(F)c(F)c(F)c(F)c1F. The van der Waals surface area contributed by atoms with Crippen LogP contribution in [0.1, 0.15) is 42.1 Å². The maximum Gasteiger partial charge on any atom is 0.471 e. The van der Waals surface area contributed by atoms with Crippen molar-refractivity contribution in [1.29, 1.82) is 0 Å². The van der Waals surface area contributed by atoms with Gasteiger partial charge in [0.05, 0.1) is 12.2 Å². The van der Waals surface area contributed by atoms with Crippen molar-refractivity contribution in [2.24, 2.45) is 0 Å². The summed E-state index contributed by atoms with van der Waals surface area (Å²) in [4.78, 5) is 20.6. The van der Waals surface area contributed by atoms with Gasteiger partial charge in [0.15, 0.2) is 23.3 Å². The molecule has 0 fully saturated rings. The molecular formula is C22H18F8N4O3. The van der Waals surface area contributed by atoms with Gasteiger partial charge in [0.2, 0.25) is 11.6 Å². The Hall–Kier alpha value is -3.59. The minimum Gasteiger partial charge on any atom is -0.350 e. The molecule has 37 heavy (non-hydrogen) atoms. The first-order valence-electron chi connectivity index (χ1n) is 10.5. The largest absolute Gasteiger partial charge is 0.471 e. The van der Waals surface area contributed by atoms with Crippen molar-refractivity contribution in [1.82, 2.24) is 20.9 Å². The van der Waals surface area contributed by atoms with Crippen LogP contribution in [0.15, 0.2) is 28.8 Å². The first-order chi connectivity index (χ1) is 17.3. The number of benzene rings is 2. The molecule has 0 aliphatic rings. The Bertz CT molecular complexity index is 1240. The standard InChI is InChI=1S/C22H18F8N4O3/c1-9(7-10(2)33-36-8-13-14(23)16(25)18(27)17(26)15(13)24)31-20(35)12-5-3-11(4-6-12)19-32-21(37-34-19)22(28,29)30/h3-6,9-10,33H,7-8H2,1-2H3,(H,31,35). The molecule has 15 heteroatoms. The topological polar surface area (TPSA) is 89.3 Å². The molecule has 0 saturated carbocycles. The summed E-state index contributed by atoms with van der Waals surface area (Å²) in [6.45, 7) is 2.26. The van der Waals surface area contributed by atoms with Crippen LogP contribution in [0.3, 0.4) is 0 Å². The van der Waals surface area contributed by atoms with E-state index in [0.29, 0.717) is 0 Å². The molecule has 2 N–H and O–H groups in total. The number of nitrogens with zero attached hydrogens (tertiary/aromatic N) is 2. The average molecular weight is 538 g/mol. The average Bonchev–Trinajstić information content (AvgIpc) is 3.35. The molecule has 0 radical (unpaired) electrons. The number of alkyl halides is 3. The molecule has 0 aliphatic heterocycles. The molecule has 2 atom stereocenters. The van der Waals surface area contributed by atoms with E-state index in [1.54, 1.807) is 13.8 Å². The molecule has 0 bridgehead atoms. The third-order valence-corrected chi connectivity index (χ3v) is 4.96. The van der Waals surface area contributed by atoms with E-state index >= 15 is 0 Å². The lowest BCUT2D eigenvalue weighted by atomic mass is 10.1. The third kappa shape index (κ3) is 6.60. The number of halogens is 8. The highest BCUT2D eigenvalue weighted by molar-refractivity contribution is 5.94. The van der Waals surface area contributed by atoms with Crippen LogP contribution >= 0.6 is 0 Å². The zero-order valence-corrected chi connectivity index (χ0v) is 19.0. The fourth-order valence-electron chi connectivity index (χ4n) is 3.20. The number of aromatic nitrogens is 2. The molecule has 3 aromatic rings. The van der Waals surface area contributed by atoms with Crippen molar-refractivity contribution in [3.8, 4) is 11.4 Å². The smallest absolute Gasteiger partial charge is 0.350 e. The van der Waals surface area contributed by atoms with Crippen molar-refractivity contribution in [2.45, 2.75) is 45.1 Å². The van der Waals surface area contributed by atoms with Crippen LogP contribution in [0.2, 0.25) is 0 Å². The summed E-state index contributed by atoms with van der Waals surface area (Å²) in [7, 11) is 0. The molecule has 0 saturated heterocycles. The van der Waals surface area contributed by atoms with E-state index < -0.39 is 71.3 Å². The predicted molar refractivity (Wildman–Crippen MR) is 110 cm³/mol.